The molecule has 22 heavy (non-hydrogen) atoms. The Morgan fingerprint density at radius 1 is 0.818 bits per heavy atom. The zero-order valence-electron chi connectivity index (χ0n) is 12.3. The summed E-state index contributed by atoms with van der Waals surface area (Å²) in [7, 11) is 0. The smallest absolute Gasteiger partial charge is 0.335 e. The Morgan fingerprint density at radius 2 is 1.18 bits per heavy atom. The van der Waals surface area contributed by atoms with Gasteiger partial charge in [0.25, 0.3) is 0 Å². The highest BCUT2D eigenvalue weighted by Crippen LogP contribution is 2.04. The molecule has 116 valence electrons. The molecule has 5 heteroatoms. The standard InChI is InChI=1S/C9H10O2.C8H9NO2/c1-2-7-3-5-8(6-4-7)9(10)11;9-5-6-1-3-7(4-2-6)8(10)11/h3-6H,2H2,1H3,(H,10,11);1-4H,5,9H2,(H,10,11). The summed E-state index contributed by atoms with van der Waals surface area (Å²) < 4.78 is 0. The van der Waals surface area contributed by atoms with Crippen molar-refractivity contribution in [3.05, 3.63) is 70.8 Å². The summed E-state index contributed by atoms with van der Waals surface area (Å²) in [6, 6.07) is 13.4. The molecule has 0 radical (unpaired) electrons. The fourth-order valence-electron chi connectivity index (χ4n) is 1.67. The molecule has 0 aliphatic carbocycles. The summed E-state index contributed by atoms with van der Waals surface area (Å²) in [5.74, 6) is -1.78. The second kappa shape index (κ2) is 8.59. The van der Waals surface area contributed by atoms with E-state index in [2.05, 4.69) is 0 Å². The van der Waals surface area contributed by atoms with Gasteiger partial charge in [-0.05, 0) is 41.8 Å². The van der Waals surface area contributed by atoms with E-state index >= 15 is 0 Å². The maximum absolute atomic E-state index is 10.4. The largest absolute Gasteiger partial charge is 0.478 e. The second-order valence-corrected chi connectivity index (χ2v) is 4.56. The lowest BCUT2D eigenvalue weighted by atomic mass is 10.1. The van der Waals surface area contributed by atoms with Gasteiger partial charge in [-0.15, -0.1) is 0 Å². The molecule has 0 atom stereocenters. The normalized spacial score (nSPS) is 9.55. The van der Waals surface area contributed by atoms with E-state index in [1.165, 1.54) is 0 Å². The van der Waals surface area contributed by atoms with Gasteiger partial charge in [-0.2, -0.15) is 0 Å². The van der Waals surface area contributed by atoms with E-state index in [0.717, 1.165) is 17.5 Å². The van der Waals surface area contributed by atoms with Crippen LogP contribution in [0, 0.1) is 0 Å². The van der Waals surface area contributed by atoms with E-state index in [0.29, 0.717) is 17.7 Å². The summed E-state index contributed by atoms with van der Waals surface area (Å²) in [4.78, 5) is 20.8. The van der Waals surface area contributed by atoms with Gasteiger partial charge in [-0.1, -0.05) is 31.2 Å². The third-order valence-electron chi connectivity index (χ3n) is 3.05. The van der Waals surface area contributed by atoms with Crippen LogP contribution in [0.5, 0.6) is 0 Å². The molecule has 4 N–H and O–H groups in total. The topological polar surface area (TPSA) is 101 Å². The summed E-state index contributed by atoms with van der Waals surface area (Å²) in [5.41, 5.74) is 8.07. The van der Waals surface area contributed by atoms with Crippen molar-refractivity contribution in [1.82, 2.24) is 0 Å². The van der Waals surface area contributed by atoms with E-state index < -0.39 is 11.9 Å². The Labute approximate surface area is 129 Å². The van der Waals surface area contributed by atoms with Crippen LogP contribution in [0.2, 0.25) is 0 Å². The van der Waals surface area contributed by atoms with Crippen LogP contribution in [0.3, 0.4) is 0 Å². The number of aryl methyl sites for hydroxylation is 1. The Kier molecular flexibility index (Phi) is 6.79. The van der Waals surface area contributed by atoms with E-state index in [1.807, 2.05) is 19.1 Å². The quantitative estimate of drug-likeness (QED) is 0.806. The van der Waals surface area contributed by atoms with Crippen molar-refractivity contribution in [2.75, 3.05) is 0 Å². The molecule has 0 aliphatic rings. The average Bonchev–Trinajstić information content (AvgIpc) is 2.55. The van der Waals surface area contributed by atoms with Crippen LogP contribution in [0.15, 0.2) is 48.5 Å². The molecule has 0 bridgehead atoms. The zero-order chi connectivity index (χ0) is 16.5. The molecule has 0 saturated heterocycles. The van der Waals surface area contributed by atoms with Crippen LogP contribution in [-0.4, -0.2) is 22.2 Å². The van der Waals surface area contributed by atoms with Crippen molar-refractivity contribution < 1.29 is 19.8 Å². The van der Waals surface area contributed by atoms with Crippen molar-refractivity contribution in [3.63, 3.8) is 0 Å². The Hall–Kier alpha value is -2.66. The third-order valence-corrected chi connectivity index (χ3v) is 3.05. The zero-order valence-corrected chi connectivity index (χ0v) is 12.3. The molecule has 0 unspecified atom stereocenters. The van der Waals surface area contributed by atoms with Crippen LogP contribution in [0.1, 0.15) is 38.8 Å². The number of carbonyl (C=O) groups is 2. The Balaban J connectivity index is 0.000000220. The number of nitrogens with two attached hydrogens (primary N) is 1. The van der Waals surface area contributed by atoms with Gasteiger partial charge in [-0.3, -0.25) is 0 Å². The fourth-order valence-corrected chi connectivity index (χ4v) is 1.67. The summed E-state index contributed by atoms with van der Waals surface area (Å²) >= 11 is 0. The first-order valence-corrected chi connectivity index (χ1v) is 6.82. The first-order chi connectivity index (χ1) is 10.5. The molecule has 0 amide bonds. The lowest BCUT2D eigenvalue weighted by Crippen LogP contribution is -1.99. The molecule has 0 spiro atoms. The maximum atomic E-state index is 10.4. The minimum absolute atomic E-state index is 0.294. The van der Waals surface area contributed by atoms with Crippen LogP contribution in [0.4, 0.5) is 0 Å². The van der Waals surface area contributed by atoms with Gasteiger partial charge in [0.15, 0.2) is 0 Å². The fraction of sp³-hybridized carbons (Fsp3) is 0.176. The van der Waals surface area contributed by atoms with Crippen molar-refractivity contribution in [2.45, 2.75) is 19.9 Å². The summed E-state index contributed by atoms with van der Waals surface area (Å²) in [6.07, 6.45) is 0.944. The molecule has 0 saturated carbocycles. The Bertz CT molecular complexity index is 561. The van der Waals surface area contributed by atoms with Crippen LogP contribution >= 0.6 is 0 Å². The number of hydrogen-bond donors (Lipinski definition) is 3. The number of hydrogen-bond acceptors (Lipinski definition) is 3. The molecular formula is C17H19NO4. The Morgan fingerprint density at radius 3 is 1.45 bits per heavy atom. The van der Waals surface area contributed by atoms with E-state index in [9.17, 15) is 9.59 Å². The molecule has 2 aromatic carbocycles. The van der Waals surface area contributed by atoms with Crippen LogP contribution in [0.25, 0.3) is 0 Å². The predicted molar refractivity (Wildman–Crippen MR) is 84.1 cm³/mol. The van der Waals surface area contributed by atoms with Gasteiger partial charge in [-0.25, -0.2) is 9.59 Å². The molecule has 5 nitrogen and oxygen atoms in total. The number of aromatic carboxylic acids is 2. The molecule has 0 aromatic heterocycles. The molecule has 0 fully saturated rings. The van der Waals surface area contributed by atoms with Crippen molar-refractivity contribution in [3.8, 4) is 0 Å². The van der Waals surface area contributed by atoms with Gasteiger partial charge in [0.2, 0.25) is 0 Å². The van der Waals surface area contributed by atoms with Gasteiger partial charge in [0, 0.05) is 6.54 Å². The summed E-state index contributed by atoms with van der Waals surface area (Å²) in [5, 5.41) is 17.1. The first kappa shape index (κ1) is 17.4. The minimum atomic E-state index is -0.909. The van der Waals surface area contributed by atoms with Crippen molar-refractivity contribution in [1.29, 1.82) is 0 Å². The second-order valence-electron chi connectivity index (χ2n) is 4.56. The van der Waals surface area contributed by atoms with Crippen molar-refractivity contribution in [2.24, 2.45) is 5.73 Å². The van der Waals surface area contributed by atoms with E-state index in [1.54, 1.807) is 36.4 Å². The van der Waals surface area contributed by atoms with Gasteiger partial charge < -0.3 is 15.9 Å². The number of carboxylic acids is 2. The minimum Gasteiger partial charge on any atom is -0.478 e. The number of rotatable bonds is 4. The van der Waals surface area contributed by atoms with Crippen molar-refractivity contribution >= 4 is 11.9 Å². The van der Waals surface area contributed by atoms with Crippen LogP contribution in [-0.2, 0) is 13.0 Å². The van der Waals surface area contributed by atoms with Crippen LogP contribution < -0.4 is 5.73 Å². The third kappa shape index (κ3) is 5.38. The molecule has 0 heterocycles. The van der Waals surface area contributed by atoms with Gasteiger partial charge in [0.1, 0.15) is 0 Å². The van der Waals surface area contributed by atoms with Gasteiger partial charge >= 0.3 is 11.9 Å². The summed E-state index contributed by atoms with van der Waals surface area (Å²) in [6.45, 7) is 2.48. The lowest BCUT2D eigenvalue weighted by molar-refractivity contribution is 0.0686. The predicted octanol–water partition coefficient (Wildman–Crippen LogP) is 2.79. The highest BCUT2D eigenvalue weighted by Gasteiger charge is 2.00. The molecule has 2 rings (SSSR count). The highest BCUT2D eigenvalue weighted by atomic mass is 16.4. The molecule has 2 aromatic rings. The van der Waals surface area contributed by atoms with E-state index in [4.69, 9.17) is 15.9 Å². The molecule has 0 aliphatic heterocycles. The van der Waals surface area contributed by atoms with Gasteiger partial charge in [0.05, 0.1) is 11.1 Å². The molecular weight excluding hydrogens is 282 g/mol. The highest BCUT2D eigenvalue weighted by molar-refractivity contribution is 5.87. The number of carboxylic acid groups (broad SMARTS) is 2. The van der Waals surface area contributed by atoms with E-state index in [-0.39, 0.29) is 0 Å². The first-order valence-electron chi connectivity index (χ1n) is 6.82. The lowest BCUT2D eigenvalue weighted by Gasteiger charge is -1.96. The average molecular weight is 301 g/mol. The monoisotopic (exact) mass is 301 g/mol. The number of benzene rings is 2. The SMILES string of the molecule is CCc1ccc(C(=O)O)cc1.NCc1ccc(C(=O)O)cc1. The maximum Gasteiger partial charge on any atom is 0.335 e.